The van der Waals surface area contributed by atoms with Crippen LogP contribution in [-0.2, 0) is 34.7 Å². The first-order valence-electron chi connectivity index (χ1n) is 17.6. The highest BCUT2D eigenvalue weighted by Gasteiger charge is 2.45. The van der Waals surface area contributed by atoms with E-state index in [4.69, 9.17) is 21.3 Å². The normalized spacial score (nSPS) is 24.6. The van der Waals surface area contributed by atoms with Crippen molar-refractivity contribution in [1.29, 1.82) is 0 Å². The Kier molecular flexibility index (Phi) is 5.68. The number of benzene rings is 1. The average molecular weight is 592 g/mol. The third kappa shape index (κ3) is 4.53. The number of piperidine rings is 2. The summed E-state index contributed by atoms with van der Waals surface area (Å²) in [4.78, 5) is 48.9. The van der Waals surface area contributed by atoms with Crippen molar-refractivity contribution in [3.05, 3.63) is 56.9 Å². The fourth-order valence-electron chi connectivity index (χ4n) is 7.19. The predicted molar refractivity (Wildman–Crippen MR) is 160 cm³/mol. The van der Waals surface area contributed by atoms with E-state index in [1.807, 2.05) is 6.92 Å². The highest BCUT2D eigenvalue weighted by molar-refractivity contribution is 5.90. The molecule has 4 aliphatic rings. The number of hydrogen-bond donors (Lipinski definition) is 1. The maximum absolute atomic E-state index is 13.8. The predicted octanol–water partition coefficient (Wildman–Crippen LogP) is 4.09. The number of amides is 1. The van der Waals surface area contributed by atoms with E-state index in [0.29, 0.717) is 48.1 Å². The van der Waals surface area contributed by atoms with Gasteiger partial charge >= 0.3 is 12.1 Å². The van der Waals surface area contributed by atoms with Crippen molar-refractivity contribution in [1.82, 2.24) is 19.4 Å². The summed E-state index contributed by atoms with van der Waals surface area (Å²) >= 11 is 0. The SMILES string of the molecule is [2H]C([2H])([2H])C([2H])([2H])C1(O)C(=O)OCc2c1cc1n(c2=O)Cc2c-1nc1ccc(OC(=O)N3CCC(N4CCCCC4)CC3)cc1c2CC. The third-order valence-electron chi connectivity index (χ3n) is 9.54. The number of rotatable bonds is 4. The van der Waals surface area contributed by atoms with Crippen LogP contribution in [0.15, 0.2) is 29.1 Å². The van der Waals surface area contributed by atoms with E-state index < -0.39 is 48.6 Å². The molecule has 1 amide bonds. The molecule has 0 radical (unpaired) electrons. The van der Waals surface area contributed by atoms with Crippen molar-refractivity contribution in [2.24, 2.45) is 0 Å². The maximum atomic E-state index is 13.8. The summed E-state index contributed by atoms with van der Waals surface area (Å²) in [6.07, 6.45) is 2.27. The van der Waals surface area contributed by atoms with Gasteiger partial charge in [-0.3, -0.25) is 4.79 Å². The number of aromatic nitrogens is 2. The van der Waals surface area contributed by atoms with E-state index in [0.717, 1.165) is 36.9 Å². The molecule has 3 aromatic rings. The van der Waals surface area contributed by atoms with Crippen LogP contribution < -0.4 is 10.3 Å². The van der Waals surface area contributed by atoms with E-state index in [1.54, 1.807) is 23.1 Å². The van der Waals surface area contributed by atoms with Crippen LogP contribution >= 0.6 is 0 Å². The summed E-state index contributed by atoms with van der Waals surface area (Å²) in [7, 11) is 0. The molecule has 0 bridgehead atoms. The van der Waals surface area contributed by atoms with Crippen LogP contribution in [0.25, 0.3) is 22.3 Å². The lowest BCUT2D eigenvalue weighted by Crippen LogP contribution is -2.48. The lowest BCUT2D eigenvalue weighted by atomic mass is 9.86. The highest BCUT2D eigenvalue weighted by atomic mass is 16.6. The first-order chi connectivity index (χ1) is 22.8. The summed E-state index contributed by atoms with van der Waals surface area (Å²) in [6, 6.07) is 6.94. The second-order valence-electron chi connectivity index (χ2n) is 11.9. The molecule has 1 atom stereocenters. The quantitative estimate of drug-likeness (QED) is 0.353. The Morgan fingerprint density at radius 1 is 1.16 bits per heavy atom. The van der Waals surface area contributed by atoms with Gasteiger partial charge in [0.05, 0.1) is 29.0 Å². The van der Waals surface area contributed by atoms with Gasteiger partial charge in [0.25, 0.3) is 5.56 Å². The Balaban J connectivity index is 1.20. The summed E-state index contributed by atoms with van der Waals surface area (Å²) in [6.45, 7) is 1.64. The molecule has 1 unspecified atom stereocenters. The molecule has 6 heterocycles. The molecule has 4 aliphatic heterocycles. The molecule has 2 aromatic heterocycles. The smallest absolute Gasteiger partial charge is 0.415 e. The Morgan fingerprint density at radius 3 is 2.70 bits per heavy atom. The number of aliphatic hydroxyl groups is 1. The Morgan fingerprint density at radius 2 is 1.95 bits per heavy atom. The van der Waals surface area contributed by atoms with Gasteiger partial charge in [-0.2, -0.15) is 0 Å². The van der Waals surface area contributed by atoms with Gasteiger partial charge in [-0.1, -0.05) is 20.2 Å². The number of nitrogens with zero attached hydrogens (tertiary/aromatic N) is 4. The summed E-state index contributed by atoms with van der Waals surface area (Å²) < 4.78 is 52.0. The molecule has 2 saturated heterocycles. The number of cyclic esters (lactones) is 1. The first kappa shape index (κ1) is 22.7. The second kappa shape index (κ2) is 10.7. The average Bonchev–Trinajstić information content (AvgIpc) is 3.44. The Labute approximate surface area is 257 Å². The molecule has 2 fully saturated rings. The lowest BCUT2D eigenvalue weighted by molar-refractivity contribution is -0.172. The minimum atomic E-state index is -3.47. The molecule has 0 saturated carbocycles. The topological polar surface area (TPSA) is 114 Å². The number of carbonyl (C=O) groups excluding carboxylic acids is 2. The largest absolute Gasteiger partial charge is 0.458 e. The Hall–Kier alpha value is -3.76. The lowest BCUT2D eigenvalue weighted by Gasteiger charge is -2.39. The zero-order valence-electron chi connectivity index (χ0n) is 29.1. The van der Waals surface area contributed by atoms with Crippen LogP contribution in [-0.4, -0.2) is 68.7 Å². The number of carbonyl (C=O) groups is 2. The van der Waals surface area contributed by atoms with Crippen LogP contribution in [0.5, 0.6) is 5.75 Å². The number of pyridine rings is 2. The fraction of sp³-hybridized carbons (Fsp3) is 0.515. The van der Waals surface area contributed by atoms with E-state index in [9.17, 15) is 19.5 Å². The zero-order valence-corrected chi connectivity index (χ0v) is 24.1. The van der Waals surface area contributed by atoms with Gasteiger partial charge in [0.2, 0.25) is 0 Å². The standard InChI is InChI=1S/C33H38N4O6/c1-3-22-23-16-21(43-32(40)36-14-10-20(11-15-36)35-12-6-5-7-13-35)8-9-27(23)34-29-24(22)18-37-28(29)17-26-25(30(37)38)19-42-31(39)33(26,41)4-2/h8-9,16-17,20,41H,3-7,10-15,18-19H2,1-2H3/i2D3,4D2. The van der Waals surface area contributed by atoms with Crippen molar-refractivity contribution in [2.45, 2.75) is 83.5 Å². The number of ether oxygens (including phenoxy) is 2. The van der Waals surface area contributed by atoms with Gasteiger partial charge in [0.1, 0.15) is 12.4 Å². The van der Waals surface area contributed by atoms with Gasteiger partial charge < -0.3 is 28.9 Å². The number of aryl methyl sites for hydroxylation is 1. The van der Waals surface area contributed by atoms with E-state index in [2.05, 4.69) is 4.90 Å². The molecule has 226 valence electrons. The van der Waals surface area contributed by atoms with Crippen molar-refractivity contribution in [3.63, 3.8) is 0 Å². The minimum absolute atomic E-state index is 0.109. The van der Waals surface area contributed by atoms with E-state index in [1.165, 1.54) is 29.9 Å². The van der Waals surface area contributed by atoms with Crippen molar-refractivity contribution in [2.75, 3.05) is 26.2 Å². The number of hydrogen-bond acceptors (Lipinski definition) is 8. The van der Waals surface area contributed by atoms with Crippen LogP contribution in [0.1, 0.15) is 81.4 Å². The molecule has 10 nitrogen and oxygen atoms in total. The van der Waals surface area contributed by atoms with Crippen molar-refractivity contribution < 1.29 is 31.0 Å². The van der Waals surface area contributed by atoms with Crippen LogP contribution in [0.4, 0.5) is 4.79 Å². The Bertz CT molecular complexity index is 1880. The molecule has 7 rings (SSSR count). The second-order valence-corrected chi connectivity index (χ2v) is 11.9. The van der Waals surface area contributed by atoms with Gasteiger partial charge in [-0.25, -0.2) is 14.6 Å². The summed E-state index contributed by atoms with van der Waals surface area (Å²) in [5, 5.41) is 12.2. The highest BCUT2D eigenvalue weighted by Crippen LogP contribution is 2.40. The van der Waals surface area contributed by atoms with Crippen LogP contribution in [0.3, 0.4) is 0 Å². The number of fused-ring (bicyclic) bond motifs is 5. The third-order valence-corrected chi connectivity index (χ3v) is 9.54. The molecule has 0 aliphatic carbocycles. The maximum Gasteiger partial charge on any atom is 0.415 e. The summed E-state index contributed by atoms with van der Waals surface area (Å²) in [5.74, 6) is -1.11. The number of esters is 1. The first-order valence-corrected chi connectivity index (χ1v) is 15.1. The van der Waals surface area contributed by atoms with Crippen molar-refractivity contribution in [3.8, 4) is 17.1 Å². The van der Waals surface area contributed by atoms with Gasteiger partial charge in [-0.15, -0.1) is 0 Å². The molecular weight excluding hydrogens is 548 g/mol. The summed E-state index contributed by atoms with van der Waals surface area (Å²) in [5.41, 5.74) is -1.78. The molecular formula is C33H38N4O6. The molecule has 10 heteroatoms. The van der Waals surface area contributed by atoms with Gasteiger partial charge in [0.15, 0.2) is 5.60 Å². The zero-order chi connectivity index (χ0) is 34.2. The van der Waals surface area contributed by atoms with Gasteiger partial charge in [-0.05, 0) is 81.4 Å². The van der Waals surface area contributed by atoms with Crippen LogP contribution in [0.2, 0.25) is 0 Å². The molecule has 1 aromatic carbocycles. The van der Waals surface area contributed by atoms with Crippen LogP contribution in [0, 0.1) is 0 Å². The van der Waals surface area contributed by atoms with Crippen molar-refractivity contribution >= 4 is 23.0 Å². The number of likely N-dealkylation sites (tertiary alicyclic amines) is 2. The van der Waals surface area contributed by atoms with E-state index in [-0.39, 0.29) is 17.8 Å². The van der Waals surface area contributed by atoms with Gasteiger partial charge in [0, 0.05) is 42.5 Å². The monoisotopic (exact) mass is 591 g/mol. The van der Waals surface area contributed by atoms with E-state index >= 15 is 0 Å². The fourth-order valence-corrected chi connectivity index (χ4v) is 7.19. The molecule has 1 N–H and O–H groups in total. The minimum Gasteiger partial charge on any atom is -0.458 e. The molecule has 0 spiro atoms. The molecule has 43 heavy (non-hydrogen) atoms.